The summed E-state index contributed by atoms with van der Waals surface area (Å²) in [4.78, 5) is 23.3. The van der Waals surface area contributed by atoms with Gasteiger partial charge in [0.1, 0.15) is 17.7 Å². The van der Waals surface area contributed by atoms with Gasteiger partial charge in [0.2, 0.25) is 5.88 Å². The van der Waals surface area contributed by atoms with E-state index < -0.39 is 0 Å². The first-order chi connectivity index (χ1) is 20.6. The fourth-order valence-electron chi connectivity index (χ4n) is 6.43. The van der Waals surface area contributed by atoms with Crippen molar-refractivity contribution in [3.05, 3.63) is 122 Å². The van der Waals surface area contributed by atoms with Crippen LogP contribution in [0, 0.1) is 22.7 Å². The van der Waals surface area contributed by atoms with Gasteiger partial charge < -0.3 is 5.11 Å². The first-order valence-electron chi connectivity index (χ1n) is 14.1. The molecule has 42 heavy (non-hydrogen) atoms. The summed E-state index contributed by atoms with van der Waals surface area (Å²) in [6.07, 6.45) is 5.05. The molecule has 0 radical (unpaired) electrons. The van der Waals surface area contributed by atoms with Gasteiger partial charge in [-0.2, -0.15) is 10.5 Å². The number of fused-ring (bicyclic) bond motifs is 1. The number of hydrogen-bond acceptors (Lipinski definition) is 6. The Morgan fingerprint density at radius 2 is 1.52 bits per heavy atom. The van der Waals surface area contributed by atoms with Gasteiger partial charge in [-0.15, -0.1) is 0 Å². The fourth-order valence-corrected chi connectivity index (χ4v) is 6.43. The molecule has 5 aromatic rings. The molecule has 0 amide bonds. The van der Waals surface area contributed by atoms with Crippen molar-refractivity contribution < 1.29 is 5.11 Å². The van der Waals surface area contributed by atoms with Gasteiger partial charge in [0, 0.05) is 33.0 Å². The third-order valence-corrected chi connectivity index (χ3v) is 8.39. The zero-order valence-corrected chi connectivity index (χ0v) is 22.7. The summed E-state index contributed by atoms with van der Waals surface area (Å²) in [7, 11) is 0. The Balaban J connectivity index is 1.44. The Hall–Kier alpha value is -5.53. The van der Waals surface area contributed by atoms with E-state index in [2.05, 4.69) is 0 Å². The Morgan fingerprint density at radius 3 is 2.29 bits per heavy atom. The van der Waals surface area contributed by atoms with Gasteiger partial charge in [-0.3, -0.25) is 9.36 Å². The maximum Gasteiger partial charge on any atom is 0.261 e. The highest BCUT2D eigenvalue weighted by molar-refractivity contribution is 6.11. The number of hydrogen-bond donors (Lipinski definition) is 1. The topological polar surface area (TPSA) is 115 Å². The molecule has 1 aliphatic carbocycles. The van der Waals surface area contributed by atoms with E-state index in [9.17, 15) is 20.4 Å². The van der Waals surface area contributed by atoms with Crippen molar-refractivity contribution in [2.75, 3.05) is 0 Å². The molecule has 0 spiro atoms. The molecule has 7 heteroatoms. The average molecular weight is 548 g/mol. The van der Waals surface area contributed by atoms with E-state index in [1.807, 2.05) is 91.0 Å². The normalized spacial score (nSPS) is 15.9. The first-order valence-corrected chi connectivity index (χ1v) is 14.1. The standard InChI is InChI=1S/C35H25N5O2/c36-19-23(20-37)31(21-8-3-1-4-9-21)22-14-17-29-30(18-22)39-33(38-29)26-15-16-28-32-25(26)12-7-13-27(32)34(41)40(35(28)42)24-10-5-2-6-11-24/h1,3-4,7-9,12-18,24,41H,2,5-6,10-11H2/b33-26+. The number of benzene rings is 4. The van der Waals surface area contributed by atoms with Gasteiger partial charge in [0.05, 0.1) is 10.7 Å². The number of nitriles is 2. The summed E-state index contributed by atoms with van der Waals surface area (Å²) in [5.74, 6) is 0.518. The number of nitrogens with zero attached hydrogens (tertiary/aromatic N) is 5. The van der Waals surface area contributed by atoms with Crippen LogP contribution in [-0.4, -0.2) is 9.67 Å². The predicted octanol–water partition coefficient (Wildman–Crippen LogP) is 4.95. The zero-order valence-electron chi connectivity index (χ0n) is 22.7. The molecule has 1 aromatic heterocycles. The van der Waals surface area contributed by atoms with Gasteiger partial charge in [0.25, 0.3) is 5.56 Å². The monoisotopic (exact) mass is 547 g/mol. The summed E-state index contributed by atoms with van der Waals surface area (Å²) in [5.41, 5.74) is 1.86. The summed E-state index contributed by atoms with van der Waals surface area (Å²) in [6.45, 7) is 0. The van der Waals surface area contributed by atoms with Crippen molar-refractivity contribution in [2.45, 2.75) is 38.1 Å². The van der Waals surface area contributed by atoms with E-state index in [0.29, 0.717) is 43.8 Å². The van der Waals surface area contributed by atoms with E-state index in [4.69, 9.17) is 9.98 Å². The quantitative estimate of drug-likeness (QED) is 0.322. The second-order valence-electron chi connectivity index (χ2n) is 10.8. The zero-order chi connectivity index (χ0) is 28.8. The lowest BCUT2D eigenvalue weighted by Gasteiger charge is -2.26. The molecule has 0 saturated heterocycles. The van der Waals surface area contributed by atoms with Crippen LogP contribution in [0.25, 0.3) is 32.9 Å². The van der Waals surface area contributed by atoms with Crippen molar-refractivity contribution in [1.82, 2.24) is 4.57 Å². The minimum absolute atomic E-state index is 0.00430. The van der Waals surface area contributed by atoms with Crippen LogP contribution >= 0.6 is 0 Å². The molecular formula is C35H25N5O2. The van der Waals surface area contributed by atoms with Gasteiger partial charge in [0.15, 0.2) is 5.82 Å². The van der Waals surface area contributed by atoms with Crippen LogP contribution in [-0.2, 0) is 0 Å². The van der Waals surface area contributed by atoms with E-state index in [1.165, 1.54) is 0 Å². The summed E-state index contributed by atoms with van der Waals surface area (Å²) in [5, 5.41) is 35.5. The highest BCUT2D eigenvalue weighted by atomic mass is 16.3. The number of pyridine rings is 1. The van der Waals surface area contributed by atoms with Crippen molar-refractivity contribution >= 4 is 32.9 Å². The third-order valence-electron chi connectivity index (χ3n) is 8.39. The van der Waals surface area contributed by atoms with Crippen molar-refractivity contribution in [3.8, 4) is 18.0 Å². The van der Waals surface area contributed by atoms with E-state index in [-0.39, 0.29) is 23.1 Å². The minimum atomic E-state index is -0.168. The van der Waals surface area contributed by atoms with Crippen LogP contribution in [0.15, 0.2) is 99.2 Å². The molecule has 2 heterocycles. The van der Waals surface area contributed by atoms with Crippen LogP contribution in [0.3, 0.4) is 0 Å². The Labute approximate surface area is 240 Å². The Bertz CT molecular complexity index is 2260. The molecule has 7 nitrogen and oxygen atoms in total. The second-order valence-corrected chi connectivity index (χ2v) is 10.8. The molecule has 0 unspecified atom stereocenters. The van der Waals surface area contributed by atoms with Crippen LogP contribution in [0.1, 0.15) is 49.3 Å². The largest absolute Gasteiger partial charge is 0.494 e. The lowest BCUT2D eigenvalue weighted by Crippen LogP contribution is -2.27. The number of allylic oxidation sites excluding steroid dienone is 1. The highest BCUT2D eigenvalue weighted by Crippen LogP contribution is 2.35. The Morgan fingerprint density at radius 1 is 0.786 bits per heavy atom. The van der Waals surface area contributed by atoms with Crippen molar-refractivity contribution in [3.63, 3.8) is 0 Å². The first kappa shape index (κ1) is 25.4. The molecule has 202 valence electrons. The molecular weight excluding hydrogens is 522 g/mol. The fraction of sp³-hybridized carbons (Fsp3) is 0.171. The van der Waals surface area contributed by atoms with Gasteiger partial charge >= 0.3 is 0 Å². The number of rotatable bonds is 3. The van der Waals surface area contributed by atoms with E-state index >= 15 is 0 Å². The molecule has 0 bridgehead atoms. The summed E-state index contributed by atoms with van der Waals surface area (Å²) < 4.78 is 1.60. The molecule has 1 N–H and O–H groups in total. The number of aromatic hydroxyl groups is 1. The van der Waals surface area contributed by atoms with Gasteiger partial charge in [-0.1, -0.05) is 67.8 Å². The van der Waals surface area contributed by atoms with E-state index in [1.54, 1.807) is 4.57 Å². The smallest absolute Gasteiger partial charge is 0.261 e. The van der Waals surface area contributed by atoms with Crippen LogP contribution in [0.5, 0.6) is 5.88 Å². The maximum atomic E-state index is 13.7. The molecule has 1 fully saturated rings. The third kappa shape index (κ3) is 3.98. The summed E-state index contributed by atoms with van der Waals surface area (Å²) >= 11 is 0. The minimum Gasteiger partial charge on any atom is -0.494 e. The molecule has 2 aliphatic rings. The number of aromatic nitrogens is 1. The lowest BCUT2D eigenvalue weighted by atomic mass is 9.94. The highest BCUT2D eigenvalue weighted by Gasteiger charge is 2.23. The Kier molecular flexibility index (Phi) is 6.14. The maximum absolute atomic E-state index is 13.7. The molecule has 1 aliphatic heterocycles. The molecule has 1 saturated carbocycles. The van der Waals surface area contributed by atoms with Gasteiger partial charge in [-0.25, -0.2) is 9.98 Å². The van der Waals surface area contributed by atoms with Crippen LogP contribution in [0.2, 0.25) is 0 Å². The molecule has 0 atom stereocenters. The average Bonchev–Trinajstić information content (AvgIpc) is 3.46. The van der Waals surface area contributed by atoms with Gasteiger partial charge in [-0.05, 0) is 59.7 Å². The van der Waals surface area contributed by atoms with Crippen molar-refractivity contribution in [1.29, 1.82) is 10.5 Å². The lowest BCUT2D eigenvalue weighted by molar-refractivity contribution is 0.308. The van der Waals surface area contributed by atoms with E-state index in [0.717, 1.165) is 48.3 Å². The van der Waals surface area contributed by atoms with Crippen LogP contribution in [0.4, 0.5) is 0 Å². The second kappa shape index (κ2) is 10.1. The molecule has 7 rings (SSSR count). The van der Waals surface area contributed by atoms with Crippen LogP contribution < -0.4 is 21.5 Å². The summed E-state index contributed by atoms with van der Waals surface area (Å²) in [6, 6.07) is 28.3. The SMILES string of the molecule is N#CC(C#N)=C(c1ccccc1)c1ccc2c(c1)=N/C(=c1\ccc3c(=O)n(C4CCCCC4)c(O)c4cccc1c43)N=2. The predicted molar refractivity (Wildman–Crippen MR) is 161 cm³/mol. The van der Waals surface area contributed by atoms with Crippen molar-refractivity contribution in [2.24, 2.45) is 9.98 Å². The molecule has 4 aromatic carbocycles.